The summed E-state index contributed by atoms with van der Waals surface area (Å²) in [6.45, 7) is 6.85. The van der Waals surface area contributed by atoms with E-state index >= 15 is 0 Å². The molecule has 1 N–H and O–H groups in total. The van der Waals surface area contributed by atoms with Gasteiger partial charge in [-0.3, -0.25) is 4.98 Å². The van der Waals surface area contributed by atoms with Crippen LogP contribution in [0.5, 0.6) is 0 Å². The Morgan fingerprint density at radius 3 is 2.86 bits per heavy atom. The van der Waals surface area contributed by atoms with Gasteiger partial charge in [-0.25, -0.2) is 4.98 Å². The maximum absolute atomic E-state index is 4.75. The van der Waals surface area contributed by atoms with E-state index in [1.165, 1.54) is 12.8 Å². The minimum absolute atomic E-state index is 0.730. The highest BCUT2D eigenvalue weighted by Crippen LogP contribution is 2.23. The largest absolute Gasteiger partial charge is 0.342 e. The normalized spacial score (nSPS) is 14.4. The molecule has 0 aromatic carbocycles. The van der Waals surface area contributed by atoms with Crippen molar-refractivity contribution in [3.63, 3.8) is 0 Å². The Bertz CT molecular complexity index is 591. The molecule has 1 saturated carbocycles. The Morgan fingerprint density at radius 1 is 1.29 bits per heavy atom. The molecule has 3 rings (SSSR count). The second-order valence-electron chi connectivity index (χ2n) is 5.56. The van der Waals surface area contributed by atoms with E-state index in [0.717, 1.165) is 47.9 Å². The van der Waals surface area contributed by atoms with E-state index < -0.39 is 0 Å². The third-order valence-electron chi connectivity index (χ3n) is 3.64. The van der Waals surface area contributed by atoms with Crippen molar-refractivity contribution in [2.75, 3.05) is 11.4 Å². The predicted octanol–water partition coefficient (Wildman–Crippen LogP) is 3.13. The molecule has 2 heterocycles. The molecule has 112 valence electrons. The van der Waals surface area contributed by atoms with Crippen molar-refractivity contribution < 1.29 is 0 Å². The van der Waals surface area contributed by atoms with Gasteiger partial charge >= 0.3 is 0 Å². The SMILES string of the molecule is CCN(Cc1cccc(C)n1)c1nc(CNC2CC2)cs1. The lowest BCUT2D eigenvalue weighted by Crippen LogP contribution is -2.23. The van der Waals surface area contributed by atoms with Gasteiger partial charge in [0.1, 0.15) is 0 Å². The number of thiazole rings is 1. The molecule has 0 spiro atoms. The minimum atomic E-state index is 0.730. The van der Waals surface area contributed by atoms with Crippen molar-refractivity contribution in [1.82, 2.24) is 15.3 Å². The Kier molecular flexibility index (Phi) is 4.51. The molecule has 4 nitrogen and oxygen atoms in total. The first kappa shape index (κ1) is 14.5. The molecule has 0 radical (unpaired) electrons. The summed E-state index contributed by atoms with van der Waals surface area (Å²) in [5.74, 6) is 0. The maximum atomic E-state index is 4.75. The zero-order valence-electron chi connectivity index (χ0n) is 12.7. The van der Waals surface area contributed by atoms with E-state index in [1.807, 2.05) is 13.0 Å². The van der Waals surface area contributed by atoms with Crippen molar-refractivity contribution in [1.29, 1.82) is 0 Å². The van der Waals surface area contributed by atoms with E-state index in [2.05, 4.69) is 39.6 Å². The average molecular weight is 302 g/mol. The van der Waals surface area contributed by atoms with E-state index in [1.54, 1.807) is 11.3 Å². The third-order valence-corrected chi connectivity index (χ3v) is 4.59. The van der Waals surface area contributed by atoms with Crippen molar-refractivity contribution in [2.45, 2.75) is 45.8 Å². The molecule has 2 aromatic rings. The molecule has 0 atom stereocenters. The lowest BCUT2D eigenvalue weighted by Gasteiger charge is -2.19. The Hall–Kier alpha value is -1.46. The third kappa shape index (κ3) is 4.02. The summed E-state index contributed by atoms with van der Waals surface area (Å²) < 4.78 is 0. The highest BCUT2D eigenvalue weighted by molar-refractivity contribution is 7.13. The molecular weight excluding hydrogens is 280 g/mol. The zero-order valence-corrected chi connectivity index (χ0v) is 13.5. The van der Waals surface area contributed by atoms with Crippen LogP contribution in [0.4, 0.5) is 5.13 Å². The second-order valence-corrected chi connectivity index (χ2v) is 6.40. The fraction of sp³-hybridized carbons (Fsp3) is 0.500. The van der Waals surface area contributed by atoms with Crippen LogP contribution in [0.2, 0.25) is 0 Å². The summed E-state index contributed by atoms with van der Waals surface area (Å²) in [4.78, 5) is 11.6. The zero-order chi connectivity index (χ0) is 14.7. The average Bonchev–Trinajstić information content (AvgIpc) is 3.20. The number of aromatic nitrogens is 2. The van der Waals surface area contributed by atoms with Crippen LogP contribution in [-0.2, 0) is 13.1 Å². The maximum Gasteiger partial charge on any atom is 0.185 e. The van der Waals surface area contributed by atoms with Gasteiger partial charge in [-0.15, -0.1) is 11.3 Å². The molecule has 0 unspecified atom stereocenters. The van der Waals surface area contributed by atoms with Gasteiger partial charge in [-0.05, 0) is 38.8 Å². The number of hydrogen-bond acceptors (Lipinski definition) is 5. The van der Waals surface area contributed by atoms with E-state index in [-0.39, 0.29) is 0 Å². The van der Waals surface area contributed by atoms with Crippen LogP contribution in [0, 0.1) is 6.92 Å². The van der Waals surface area contributed by atoms with Gasteiger partial charge in [0.2, 0.25) is 0 Å². The number of hydrogen-bond donors (Lipinski definition) is 1. The van der Waals surface area contributed by atoms with Crippen molar-refractivity contribution >= 4 is 16.5 Å². The van der Waals surface area contributed by atoms with Crippen molar-refractivity contribution in [3.8, 4) is 0 Å². The van der Waals surface area contributed by atoms with Crippen LogP contribution in [0.15, 0.2) is 23.6 Å². The fourth-order valence-corrected chi connectivity index (χ4v) is 3.15. The highest BCUT2D eigenvalue weighted by atomic mass is 32.1. The monoisotopic (exact) mass is 302 g/mol. The molecule has 0 aliphatic heterocycles. The van der Waals surface area contributed by atoms with Crippen molar-refractivity contribution in [2.24, 2.45) is 0 Å². The molecule has 0 bridgehead atoms. The summed E-state index contributed by atoms with van der Waals surface area (Å²) in [5.41, 5.74) is 3.32. The predicted molar refractivity (Wildman–Crippen MR) is 87.7 cm³/mol. The molecule has 5 heteroatoms. The summed E-state index contributed by atoms with van der Waals surface area (Å²) in [6.07, 6.45) is 2.63. The Balaban J connectivity index is 1.64. The standard InChI is InChI=1S/C16H22N4S/c1-3-20(10-14-6-4-5-12(2)18-14)16-19-15(11-21-16)9-17-13-7-8-13/h4-6,11,13,17H,3,7-10H2,1-2H3. The number of pyridine rings is 1. The van der Waals surface area contributed by atoms with E-state index in [0.29, 0.717) is 0 Å². The van der Waals surface area contributed by atoms with Gasteiger partial charge in [-0.2, -0.15) is 0 Å². The summed E-state index contributed by atoms with van der Waals surface area (Å²) in [7, 11) is 0. The van der Waals surface area contributed by atoms with Gasteiger partial charge < -0.3 is 10.2 Å². The number of rotatable bonds is 7. The number of aryl methyl sites for hydroxylation is 1. The van der Waals surface area contributed by atoms with E-state index in [4.69, 9.17) is 4.98 Å². The molecule has 1 fully saturated rings. The number of anilines is 1. The Labute approximate surface area is 130 Å². The second kappa shape index (κ2) is 6.54. The van der Waals surface area contributed by atoms with Gasteiger partial charge in [0.25, 0.3) is 0 Å². The van der Waals surface area contributed by atoms with Crippen LogP contribution in [0.25, 0.3) is 0 Å². The van der Waals surface area contributed by atoms with E-state index in [9.17, 15) is 0 Å². The van der Waals surface area contributed by atoms with Crippen LogP contribution in [0.3, 0.4) is 0 Å². The minimum Gasteiger partial charge on any atom is -0.342 e. The van der Waals surface area contributed by atoms with Crippen molar-refractivity contribution in [3.05, 3.63) is 40.7 Å². The molecular formula is C16H22N4S. The van der Waals surface area contributed by atoms with Gasteiger partial charge in [0, 0.05) is 30.2 Å². The fourth-order valence-electron chi connectivity index (χ4n) is 2.26. The van der Waals surface area contributed by atoms with Gasteiger partial charge in [0.15, 0.2) is 5.13 Å². The van der Waals surface area contributed by atoms with Crippen LogP contribution < -0.4 is 10.2 Å². The molecule has 0 saturated heterocycles. The summed E-state index contributed by atoms with van der Waals surface area (Å²) >= 11 is 1.72. The number of nitrogens with one attached hydrogen (secondary N) is 1. The quantitative estimate of drug-likeness (QED) is 0.853. The molecule has 1 aliphatic carbocycles. The Morgan fingerprint density at radius 2 is 2.14 bits per heavy atom. The van der Waals surface area contributed by atoms with Gasteiger partial charge in [0.05, 0.1) is 17.9 Å². The molecule has 2 aromatic heterocycles. The first-order valence-electron chi connectivity index (χ1n) is 7.60. The number of nitrogens with zero attached hydrogens (tertiary/aromatic N) is 3. The highest BCUT2D eigenvalue weighted by Gasteiger charge is 2.20. The first-order chi connectivity index (χ1) is 10.2. The van der Waals surface area contributed by atoms with Crippen LogP contribution >= 0.6 is 11.3 Å². The summed E-state index contributed by atoms with van der Waals surface area (Å²) in [5, 5.41) is 6.77. The molecule has 1 aliphatic rings. The van der Waals surface area contributed by atoms with Gasteiger partial charge in [-0.1, -0.05) is 6.07 Å². The lowest BCUT2D eigenvalue weighted by molar-refractivity contribution is 0.675. The molecule has 21 heavy (non-hydrogen) atoms. The van der Waals surface area contributed by atoms with Crippen LogP contribution in [-0.4, -0.2) is 22.6 Å². The first-order valence-corrected chi connectivity index (χ1v) is 8.48. The smallest absolute Gasteiger partial charge is 0.185 e. The van der Waals surface area contributed by atoms with Crippen LogP contribution in [0.1, 0.15) is 36.8 Å². The topological polar surface area (TPSA) is 41.1 Å². The molecule has 0 amide bonds. The summed E-state index contributed by atoms with van der Waals surface area (Å²) in [6, 6.07) is 6.91. The lowest BCUT2D eigenvalue weighted by atomic mass is 10.3.